The molecule has 0 aromatic carbocycles. The molecule has 0 saturated heterocycles. The average molecular weight is 266 g/mol. The number of hydrogen-bond acceptors (Lipinski definition) is 5. The topological polar surface area (TPSA) is 49.8 Å². The number of nitrogens with one attached hydrogen (secondary N) is 2. The first kappa shape index (κ1) is 13.5. The Labute approximate surface area is 113 Å². The second kappa shape index (κ2) is 6.27. The van der Waals surface area contributed by atoms with Crippen molar-refractivity contribution in [3.05, 3.63) is 12.3 Å². The maximum absolute atomic E-state index is 4.46. The van der Waals surface area contributed by atoms with Crippen LogP contribution in [0.2, 0.25) is 0 Å². The van der Waals surface area contributed by atoms with Crippen LogP contribution in [-0.2, 0) is 0 Å². The molecule has 1 aromatic heterocycles. The number of aromatic nitrogens is 2. The Hall–Kier alpha value is -0.970. The summed E-state index contributed by atoms with van der Waals surface area (Å²) >= 11 is 1.97. The molecule has 1 saturated carbocycles. The van der Waals surface area contributed by atoms with Crippen LogP contribution < -0.4 is 10.6 Å². The predicted octanol–water partition coefficient (Wildman–Crippen LogP) is 3.00. The van der Waals surface area contributed by atoms with E-state index in [1.807, 2.05) is 17.8 Å². The van der Waals surface area contributed by atoms with Crippen molar-refractivity contribution in [1.29, 1.82) is 0 Å². The molecule has 2 N–H and O–H groups in total. The zero-order chi connectivity index (χ0) is 12.8. The summed E-state index contributed by atoms with van der Waals surface area (Å²) in [5.74, 6) is 1.64. The van der Waals surface area contributed by atoms with Gasteiger partial charge in [-0.1, -0.05) is 13.3 Å². The third-order valence-electron chi connectivity index (χ3n) is 3.48. The van der Waals surface area contributed by atoms with Crippen molar-refractivity contribution in [2.75, 3.05) is 30.0 Å². The molecule has 2 rings (SSSR count). The molecule has 0 bridgehead atoms. The van der Waals surface area contributed by atoms with Gasteiger partial charge in [-0.15, -0.1) is 0 Å². The molecule has 100 valence electrons. The number of rotatable bonds is 7. The van der Waals surface area contributed by atoms with E-state index >= 15 is 0 Å². The zero-order valence-electron chi connectivity index (χ0n) is 11.2. The van der Waals surface area contributed by atoms with Crippen LogP contribution in [0.3, 0.4) is 0 Å². The van der Waals surface area contributed by atoms with Crippen molar-refractivity contribution in [3.63, 3.8) is 0 Å². The Balaban J connectivity index is 1.88. The van der Waals surface area contributed by atoms with Gasteiger partial charge in [-0.3, -0.25) is 0 Å². The molecule has 0 atom stereocenters. The first-order chi connectivity index (χ1) is 8.78. The summed E-state index contributed by atoms with van der Waals surface area (Å²) in [5, 5.41) is 6.65. The fourth-order valence-corrected chi connectivity index (χ4v) is 2.97. The summed E-state index contributed by atoms with van der Waals surface area (Å²) in [7, 11) is 0. The number of thioether (sulfide) groups is 1. The van der Waals surface area contributed by atoms with Crippen LogP contribution in [-0.4, -0.2) is 34.1 Å². The monoisotopic (exact) mass is 266 g/mol. The molecule has 1 aromatic rings. The highest BCUT2D eigenvalue weighted by Crippen LogP contribution is 2.42. The molecule has 5 heteroatoms. The Bertz CT molecular complexity index is 373. The maximum atomic E-state index is 4.46. The van der Waals surface area contributed by atoms with Gasteiger partial charge in [0.05, 0.1) is 0 Å². The van der Waals surface area contributed by atoms with Gasteiger partial charge in [0, 0.05) is 24.0 Å². The second-order valence-electron chi connectivity index (χ2n) is 4.79. The van der Waals surface area contributed by atoms with Gasteiger partial charge in [-0.25, -0.2) is 4.98 Å². The van der Waals surface area contributed by atoms with E-state index in [1.54, 1.807) is 6.20 Å². The molecule has 0 aliphatic heterocycles. The predicted molar refractivity (Wildman–Crippen MR) is 79.4 cm³/mol. The van der Waals surface area contributed by atoms with Crippen molar-refractivity contribution < 1.29 is 0 Å². The van der Waals surface area contributed by atoms with Gasteiger partial charge in [-0.2, -0.15) is 16.7 Å². The molecule has 0 amide bonds. The SMILES string of the molecule is CCCNc1nccc(NCC2(SC)CCC2)n1. The molecule has 18 heavy (non-hydrogen) atoms. The lowest BCUT2D eigenvalue weighted by Crippen LogP contribution is -2.40. The minimum absolute atomic E-state index is 0.433. The van der Waals surface area contributed by atoms with Gasteiger partial charge in [0.2, 0.25) is 5.95 Å². The van der Waals surface area contributed by atoms with E-state index in [1.165, 1.54) is 19.3 Å². The maximum Gasteiger partial charge on any atom is 0.224 e. The van der Waals surface area contributed by atoms with Crippen LogP contribution >= 0.6 is 11.8 Å². The van der Waals surface area contributed by atoms with Crippen LogP contribution in [0.1, 0.15) is 32.6 Å². The summed E-state index contributed by atoms with van der Waals surface area (Å²) in [6.45, 7) is 4.05. The summed E-state index contributed by atoms with van der Waals surface area (Å²) in [6, 6.07) is 1.93. The summed E-state index contributed by atoms with van der Waals surface area (Å²) in [5.41, 5.74) is 0. The van der Waals surface area contributed by atoms with Gasteiger partial charge < -0.3 is 10.6 Å². The van der Waals surface area contributed by atoms with E-state index in [-0.39, 0.29) is 0 Å². The number of hydrogen-bond donors (Lipinski definition) is 2. The lowest BCUT2D eigenvalue weighted by molar-refractivity contribution is 0.379. The van der Waals surface area contributed by atoms with E-state index in [0.29, 0.717) is 10.7 Å². The van der Waals surface area contributed by atoms with Crippen LogP contribution in [0.15, 0.2) is 12.3 Å². The first-order valence-corrected chi connectivity index (χ1v) is 7.86. The number of anilines is 2. The Morgan fingerprint density at radius 3 is 2.83 bits per heavy atom. The lowest BCUT2D eigenvalue weighted by atomic mass is 9.84. The van der Waals surface area contributed by atoms with Gasteiger partial charge in [-0.05, 0) is 31.6 Å². The highest BCUT2D eigenvalue weighted by molar-refractivity contribution is 8.00. The van der Waals surface area contributed by atoms with Crippen molar-refractivity contribution >= 4 is 23.5 Å². The molecule has 0 radical (unpaired) electrons. The minimum Gasteiger partial charge on any atom is -0.369 e. The normalized spacial score (nSPS) is 17.0. The molecule has 1 fully saturated rings. The summed E-state index contributed by atoms with van der Waals surface area (Å²) < 4.78 is 0.433. The molecular formula is C13H22N4S. The van der Waals surface area contributed by atoms with Gasteiger partial charge in [0.15, 0.2) is 0 Å². The zero-order valence-corrected chi connectivity index (χ0v) is 12.0. The van der Waals surface area contributed by atoms with E-state index in [9.17, 15) is 0 Å². The largest absolute Gasteiger partial charge is 0.369 e. The second-order valence-corrected chi connectivity index (χ2v) is 6.06. The third-order valence-corrected chi connectivity index (χ3v) is 4.90. The smallest absolute Gasteiger partial charge is 0.224 e. The first-order valence-electron chi connectivity index (χ1n) is 6.64. The molecule has 4 nitrogen and oxygen atoms in total. The lowest BCUT2D eigenvalue weighted by Gasteiger charge is -2.40. The fraction of sp³-hybridized carbons (Fsp3) is 0.692. The van der Waals surface area contributed by atoms with Crippen molar-refractivity contribution in [2.45, 2.75) is 37.4 Å². The quantitative estimate of drug-likeness (QED) is 0.794. The van der Waals surface area contributed by atoms with E-state index in [0.717, 1.165) is 25.3 Å². The Morgan fingerprint density at radius 2 is 2.22 bits per heavy atom. The molecule has 1 aliphatic rings. The minimum atomic E-state index is 0.433. The fourth-order valence-electron chi connectivity index (χ4n) is 2.05. The summed E-state index contributed by atoms with van der Waals surface area (Å²) in [6.07, 6.45) is 9.07. The molecule has 0 unspecified atom stereocenters. The standard InChI is InChI=1S/C13H22N4S/c1-3-8-14-12-15-9-5-11(17-12)16-10-13(18-2)6-4-7-13/h5,9H,3-4,6-8,10H2,1-2H3,(H2,14,15,16,17). The van der Waals surface area contributed by atoms with Gasteiger partial charge in [0.1, 0.15) is 5.82 Å². The molecule has 0 spiro atoms. The Morgan fingerprint density at radius 1 is 1.39 bits per heavy atom. The van der Waals surface area contributed by atoms with Gasteiger partial charge in [0.25, 0.3) is 0 Å². The average Bonchev–Trinajstić information content (AvgIpc) is 2.36. The van der Waals surface area contributed by atoms with Crippen LogP contribution in [0.4, 0.5) is 11.8 Å². The van der Waals surface area contributed by atoms with E-state index in [2.05, 4.69) is 33.8 Å². The van der Waals surface area contributed by atoms with Crippen molar-refractivity contribution in [1.82, 2.24) is 9.97 Å². The Kier molecular flexibility index (Phi) is 4.69. The molecule has 1 aliphatic carbocycles. The summed E-state index contributed by atoms with van der Waals surface area (Å²) in [4.78, 5) is 8.67. The van der Waals surface area contributed by atoms with Gasteiger partial charge >= 0.3 is 0 Å². The number of nitrogens with zero attached hydrogens (tertiary/aromatic N) is 2. The third kappa shape index (κ3) is 3.28. The highest BCUT2D eigenvalue weighted by Gasteiger charge is 2.35. The van der Waals surface area contributed by atoms with Crippen LogP contribution in [0.25, 0.3) is 0 Å². The van der Waals surface area contributed by atoms with Crippen LogP contribution in [0, 0.1) is 0 Å². The van der Waals surface area contributed by atoms with Crippen molar-refractivity contribution in [2.24, 2.45) is 0 Å². The van der Waals surface area contributed by atoms with Crippen molar-refractivity contribution in [3.8, 4) is 0 Å². The van der Waals surface area contributed by atoms with E-state index in [4.69, 9.17) is 0 Å². The van der Waals surface area contributed by atoms with E-state index < -0.39 is 0 Å². The molecular weight excluding hydrogens is 244 g/mol. The highest BCUT2D eigenvalue weighted by atomic mass is 32.2. The molecule has 1 heterocycles. The van der Waals surface area contributed by atoms with Crippen LogP contribution in [0.5, 0.6) is 0 Å².